The molecule has 1 aromatic rings. The summed E-state index contributed by atoms with van der Waals surface area (Å²) in [6.07, 6.45) is 2.32. The zero-order chi connectivity index (χ0) is 14.4. The molecule has 1 heterocycles. The molecule has 5 nitrogen and oxygen atoms in total. The van der Waals surface area contributed by atoms with Crippen LogP contribution in [-0.4, -0.2) is 50.6 Å². The minimum absolute atomic E-state index is 0.0116. The van der Waals surface area contributed by atoms with E-state index in [1.807, 2.05) is 31.3 Å². The number of carbonyl (C=O) groups excluding carboxylic acids is 1. The van der Waals surface area contributed by atoms with Crippen molar-refractivity contribution in [3.8, 4) is 5.75 Å². The first kappa shape index (κ1) is 14.8. The number of anilines is 1. The molecule has 0 spiro atoms. The Labute approximate surface area is 120 Å². The molecule has 1 aliphatic rings. The van der Waals surface area contributed by atoms with E-state index in [2.05, 4.69) is 15.5 Å². The van der Waals surface area contributed by atoms with Gasteiger partial charge < -0.3 is 15.4 Å². The molecule has 0 radical (unpaired) electrons. The van der Waals surface area contributed by atoms with Crippen LogP contribution < -0.4 is 15.4 Å². The molecule has 1 aromatic carbocycles. The van der Waals surface area contributed by atoms with Crippen molar-refractivity contribution in [3.05, 3.63) is 24.3 Å². The summed E-state index contributed by atoms with van der Waals surface area (Å²) in [7, 11) is 3.56. The minimum Gasteiger partial charge on any atom is -0.495 e. The smallest absolute Gasteiger partial charge is 0.238 e. The molecule has 0 aromatic heterocycles. The van der Waals surface area contributed by atoms with E-state index >= 15 is 0 Å². The number of hydrogen-bond donors (Lipinski definition) is 2. The number of para-hydroxylation sites is 2. The van der Waals surface area contributed by atoms with Gasteiger partial charge in [-0.3, -0.25) is 9.69 Å². The van der Waals surface area contributed by atoms with Crippen LogP contribution in [0.4, 0.5) is 5.69 Å². The summed E-state index contributed by atoms with van der Waals surface area (Å²) in [6.45, 7) is 2.36. The maximum absolute atomic E-state index is 12.2. The van der Waals surface area contributed by atoms with Crippen LogP contribution in [0.3, 0.4) is 0 Å². The monoisotopic (exact) mass is 277 g/mol. The van der Waals surface area contributed by atoms with Gasteiger partial charge in [-0.25, -0.2) is 0 Å². The van der Waals surface area contributed by atoms with Crippen LogP contribution in [0.15, 0.2) is 24.3 Å². The van der Waals surface area contributed by atoms with E-state index in [0.717, 1.165) is 31.6 Å². The number of nitrogens with zero attached hydrogens (tertiary/aromatic N) is 1. The number of benzene rings is 1. The molecule has 1 unspecified atom stereocenters. The molecular weight excluding hydrogens is 254 g/mol. The van der Waals surface area contributed by atoms with Gasteiger partial charge in [0, 0.05) is 12.6 Å². The van der Waals surface area contributed by atoms with Gasteiger partial charge in [-0.05, 0) is 38.6 Å². The third kappa shape index (κ3) is 3.71. The largest absolute Gasteiger partial charge is 0.495 e. The first-order valence-electron chi connectivity index (χ1n) is 7.06. The maximum Gasteiger partial charge on any atom is 0.238 e. The van der Waals surface area contributed by atoms with Crippen molar-refractivity contribution in [2.45, 2.75) is 18.9 Å². The molecular formula is C15H23N3O2. The summed E-state index contributed by atoms with van der Waals surface area (Å²) < 4.78 is 5.24. The predicted molar refractivity (Wildman–Crippen MR) is 80.1 cm³/mol. The second kappa shape index (κ2) is 7.26. The molecule has 2 N–H and O–H groups in total. The third-order valence-electron chi connectivity index (χ3n) is 3.67. The molecule has 2 rings (SSSR count). The van der Waals surface area contributed by atoms with Crippen molar-refractivity contribution in [1.82, 2.24) is 10.2 Å². The van der Waals surface area contributed by atoms with Gasteiger partial charge >= 0.3 is 0 Å². The zero-order valence-electron chi connectivity index (χ0n) is 12.2. The number of carbonyl (C=O) groups is 1. The van der Waals surface area contributed by atoms with Crippen LogP contribution in [0.25, 0.3) is 0 Å². The zero-order valence-corrected chi connectivity index (χ0v) is 12.2. The average Bonchev–Trinajstić information content (AvgIpc) is 2.87. The van der Waals surface area contributed by atoms with Gasteiger partial charge in [-0.15, -0.1) is 0 Å². The minimum atomic E-state index is 0.0116. The molecule has 0 bridgehead atoms. The molecule has 0 saturated carbocycles. The Hall–Kier alpha value is -1.59. The van der Waals surface area contributed by atoms with Crippen molar-refractivity contribution in [2.24, 2.45) is 0 Å². The highest BCUT2D eigenvalue weighted by Gasteiger charge is 2.25. The van der Waals surface area contributed by atoms with Crippen LogP contribution in [0.2, 0.25) is 0 Å². The number of likely N-dealkylation sites (tertiary alicyclic amines) is 1. The Morgan fingerprint density at radius 3 is 3.00 bits per heavy atom. The fraction of sp³-hybridized carbons (Fsp3) is 0.533. The fourth-order valence-corrected chi connectivity index (χ4v) is 2.69. The van der Waals surface area contributed by atoms with Crippen molar-refractivity contribution in [3.63, 3.8) is 0 Å². The standard InChI is InChI=1S/C15H23N3O2/c1-16-10-12-6-5-9-18(12)11-15(19)17-13-7-3-4-8-14(13)20-2/h3-4,7-8,12,16H,5-6,9-11H2,1-2H3,(H,17,19). The molecule has 1 fully saturated rings. The summed E-state index contributed by atoms with van der Waals surface area (Å²) in [5, 5.41) is 6.11. The quantitative estimate of drug-likeness (QED) is 0.823. The highest BCUT2D eigenvalue weighted by molar-refractivity contribution is 5.93. The SMILES string of the molecule is CNCC1CCCN1CC(=O)Nc1ccccc1OC. The van der Waals surface area contributed by atoms with Gasteiger partial charge in [-0.2, -0.15) is 0 Å². The van der Waals surface area contributed by atoms with E-state index in [1.165, 1.54) is 0 Å². The first-order chi connectivity index (χ1) is 9.74. The molecule has 1 atom stereocenters. The van der Waals surface area contributed by atoms with Crippen molar-refractivity contribution < 1.29 is 9.53 Å². The van der Waals surface area contributed by atoms with Crippen molar-refractivity contribution in [2.75, 3.05) is 39.1 Å². The van der Waals surface area contributed by atoms with Crippen LogP contribution in [0.5, 0.6) is 5.75 Å². The average molecular weight is 277 g/mol. The number of methoxy groups -OCH3 is 1. The molecule has 20 heavy (non-hydrogen) atoms. The van der Waals surface area contributed by atoms with Gasteiger partial charge in [0.15, 0.2) is 0 Å². The van der Waals surface area contributed by atoms with Crippen LogP contribution in [0, 0.1) is 0 Å². The summed E-state index contributed by atoms with van der Waals surface area (Å²) in [5.74, 6) is 0.701. The van der Waals surface area contributed by atoms with Crippen molar-refractivity contribution >= 4 is 11.6 Å². The molecule has 110 valence electrons. The number of likely N-dealkylation sites (N-methyl/N-ethyl adjacent to an activating group) is 1. The van der Waals surface area contributed by atoms with Crippen LogP contribution in [-0.2, 0) is 4.79 Å². The van der Waals surface area contributed by atoms with Crippen molar-refractivity contribution in [1.29, 1.82) is 0 Å². The Kier molecular flexibility index (Phi) is 5.38. The second-order valence-corrected chi connectivity index (χ2v) is 5.07. The number of ether oxygens (including phenoxy) is 1. The van der Waals surface area contributed by atoms with E-state index in [1.54, 1.807) is 7.11 Å². The molecule has 0 aliphatic carbocycles. The van der Waals surface area contributed by atoms with E-state index in [-0.39, 0.29) is 5.91 Å². The Morgan fingerprint density at radius 1 is 1.45 bits per heavy atom. The number of rotatable bonds is 6. The van der Waals surface area contributed by atoms with Gasteiger partial charge in [0.05, 0.1) is 19.3 Å². The third-order valence-corrected chi connectivity index (χ3v) is 3.67. The Bertz CT molecular complexity index is 450. The van der Waals surface area contributed by atoms with Gasteiger partial charge in [0.2, 0.25) is 5.91 Å². The van der Waals surface area contributed by atoms with E-state index < -0.39 is 0 Å². The van der Waals surface area contributed by atoms with E-state index in [9.17, 15) is 4.79 Å². The lowest BCUT2D eigenvalue weighted by molar-refractivity contribution is -0.117. The summed E-state index contributed by atoms with van der Waals surface area (Å²) in [5.41, 5.74) is 0.726. The Balaban J connectivity index is 1.92. The Morgan fingerprint density at radius 2 is 2.25 bits per heavy atom. The van der Waals surface area contributed by atoms with E-state index in [4.69, 9.17) is 4.74 Å². The lowest BCUT2D eigenvalue weighted by Gasteiger charge is -2.23. The second-order valence-electron chi connectivity index (χ2n) is 5.07. The van der Waals surface area contributed by atoms with Gasteiger partial charge in [-0.1, -0.05) is 12.1 Å². The molecule has 1 amide bonds. The highest BCUT2D eigenvalue weighted by atomic mass is 16.5. The first-order valence-corrected chi connectivity index (χ1v) is 7.06. The van der Waals surface area contributed by atoms with Gasteiger partial charge in [0.1, 0.15) is 5.75 Å². The molecule has 1 saturated heterocycles. The fourth-order valence-electron chi connectivity index (χ4n) is 2.69. The van der Waals surface area contributed by atoms with Crippen LogP contribution >= 0.6 is 0 Å². The maximum atomic E-state index is 12.2. The topological polar surface area (TPSA) is 53.6 Å². The molecule has 5 heteroatoms. The normalized spacial score (nSPS) is 19.0. The predicted octanol–water partition coefficient (Wildman–Crippen LogP) is 1.32. The summed E-state index contributed by atoms with van der Waals surface area (Å²) >= 11 is 0. The number of hydrogen-bond acceptors (Lipinski definition) is 4. The van der Waals surface area contributed by atoms with E-state index in [0.29, 0.717) is 18.3 Å². The lowest BCUT2D eigenvalue weighted by atomic mass is 10.2. The van der Waals surface area contributed by atoms with Crippen LogP contribution in [0.1, 0.15) is 12.8 Å². The lowest BCUT2D eigenvalue weighted by Crippen LogP contribution is -2.41. The number of nitrogens with one attached hydrogen (secondary N) is 2. The van der Waals surface area contributed by atoms with Gasteiger partial charge in [0.25, 0.3) is 0 Å². The summed E-state index contributed by atoms with van der Waals surface area (Å²) in [4.78, 5) is 14.4. The summed E-state index contributed by atoms with van der Waals surface area (Å²) in [6, 6.07) is 7.93. The number of amides is 1. The molecule has 1 aliphatic heterocycles. The highest BCUT2D eigenvalue weighted by Crippen LogP contribution is 2.23.